The summed E-state index contributed by atoms with van der Waals surface area (Å²) in [6, 6.07) is 4.14. The Morgan fingerprint density at radius 1 is 1.33 bits per heavy atom. The number of anilines is 1. The van der Waals surface area contributed by atoms with Gasteiger partial charge in [-0.05, 0) is 39.8 Å². The summed E-state index contributed by atoms with van der Waals surface area (Å²) in [4.78, 5) is 12.0. The monoisotopic (exact) mass is 333 g/mol. The molecule has 0 saturated carbocycles. The van der Waals surface area contributed by atoms with Crippen molar-refractivity contribution in [3.05, 3.63) is 35.8 Å². The predicted octanol–water partition coefficient (Wildman–Crippen LogP) is 2.88. The molecule has 0 unspecified atom stereocenters. The first-order valence-electron chi connectivity index (χ1n) is 8.15. The van der Waals surface area contributed by atoms with Crippen LogP contribution < -0.4 is 10.6 Å². The van der Waals surface area contributed by atoms with Crippen molar-refractivity contribution in [3.8, 4) is 0 Å². The molecular formula is C17H27N5O2. The van der Waals surface area contributed by atoms with Crippen molar-refractivity contribution in [3.63, 3.8) is 0 Å². The van der Waals surface area contributed by atoms with E-state index in [2.05, 4.69) is 39.5 Å². The normalized spacial score (nSPS) is 11.5. The van der Waals surface area contributed by atoms with Gasteiger partial charge in [0.2, 0.25) is 0 Å². The molecule has 0 fully saturated rings. The number of carbonyl (C=O) groups is 1. The van der Waals surface area contributed by atoms with Crippen molar-refractivity contribution in [2.24, 2.45) is 7.05 Å². The van der Waals surface area contributed by atoms with Gasteiger partial charge in [-0.3, -0.25) is 10.00 Å². The van der Waals surface area contributed by atoms with Crippen LogP contribution in [0.1, 0.15) is 39.0 Å². The van der Waals surface area contributed by atoms with E-state index in [1.54, 1.807) is 17.9 Å². The molecule has 0 saturated heterocycles. The molecule has 7 heteroatoms. The van der Waals surface area contributed by atoms with Crippen LogP contribution in [0.3, 0.4) is 0 Å². The Balaban J connectivity index is 1.95. The molecule has 0 aromatic carbocycles. The second kappa shape index (κ2) is 7.53. The highest BCUT2D eigenvalue weighted by Gasteiger charge is 2.19. The SMILES string of the molecule is CCn1cccc1CNCc1cnn(C)c1NC(=O)OC(C)(C)C. The van der Waals surface area contributed by atoms with Gasteiger partial charge < -0.3 is 14.6 Å². The van der Waals surface area contributed by atoms with E-state index in [0.29, 0.717) is 12.4 Å². The van der Waals surface area contributed by atoms with E-state index in [1.165, 1.54) is 5.69 Å². The number of nitrogens with one attached hydrogen (secondary N) is 2. The molecule has 0 aliphatic rings. The van der Waals surface area contributed by atoms with Crippen LogP contribution in [0.5, 0.6) is 0 Å². The molecule has 0 spiro atoms. The Bertz CT molecular complexity index is 681. The Labute approximate surface area is 143 Å². The third kappa shape index (κ3) is 4.86. The number of aromatic nitrogens is 3. The molecular weight excluding hydrogens is 306 g/mol. The third-order valence-corrected chi connectivity index (χ3v) is 3.52. The molecule has 0 aliphatic heterocycles. The van der Waals surface area contributed by atoms with Crippen LogP contribution in [0, 0.1) is 0 Å². The van der Waals surface area contributed by atoms with Crippen LogP contribution in [0.4, 0.5) is 10.6 Å². The van der Waals surface area contributed by atoms with Gasteiger partial charge in [-0.2, -0.15) is 5.10 Å². The first-order valence-corrected chi connectivity index (χ1v) is 8.15. The fraction of sp³-hybridized carbons (Fsp3) is 0.529. The lowest BCUT2D eigenvalue weighted by Gasteiger charge is -2.20. The summed E-state index contributed by atoms with van der Waals surface area (Å²) in [5.74, 6) is 0.641. The average molecular weight is 333 g/mol. The number of carbonyl (C=O) groups excluding carboxylic acids is 1. The molecule has 0 bridgehead atoms. The maximum Gasteiger partial charge on any atom is 0.413 e. The quantitative estimate of drug-likeness (QED) is 0.852. The molecule has 0 atom stereocenters. The van der Waals surface area contributed by atoms with Crippen LogP contribution in [0.2, 0.25) is 0 Å². The van der Waals surface area contributed by atoms with Gasteiger partial charge in [0.05, 0.1) is 6.20 Å². The fourth-order valence-electron chi connectivity index (χ4n) is 2.42. The van der Waals surface area contributed by atoms with E-state index in [1.807, 2.05) is 26.8 Å². The van der Waals surface area contributed by atoms with Gasteiger partial charge in [0.15, 0.2) is 0 Å². The molecule has 2 N–H and O–H groups in total. The topological polar surface area (TPSA) is 73.1 Å². The number of aryl methyl sites for hydroxylation is 2. The van der Waals surface area contributed by atoms with Crippen molar-refractivity contribution in [2.75, 3.05) is 5.32 Å². The zero-order valence-electron chi connectivity index (χ0n) is 15.1. The van der Waals surface area contributed by atoms with E-state index in [4.69, 9.17) is 4.74 Å². The molecule has 7 nitrogen and oxygen atoms in total. The summed E-state index contributed by atoms with van der Waals surface area (Å²) in [5, 5.41) is 10.4. The van der Waals surface area contributed by atoms with Gasteiger partial charge in [-0.25, -0.2) is 4.79 Å². The first-order chi connectivity index (χ1) is 11.3. The van der Waals surface area contributed by atoms with Crippen LogP contribution in [0.25, 0.3) is 0 Å². The van der Waals surface area contributed by atoms with Gasteiger partial charge in [0, 0.05) is 44.1 Å². The van der Waals surface area contributed by atoms with E-state index in [0.717, 1.165) is 18.7 Å². The van der Waals surface area contributed by atoms with Crippen LogP contribution in [0.15, 0.2) is 24.5 Å². The minimum absolute atomic E-state index is 0.479. The van der Waals surface area contributed by atoms with Crippen LogP contribution in [-0.4, -0.2) is 26.0 Å². The van der Waals surface area contributed by atoms with E-state index in [9.17, 15) is 4.79 Å². The first kappa shape index (κ1) is 18.1. The van der Waals surface area contributed by atoms with Gasteiger partial charge in [-0.1, -0.05) is 0 Å². The molecule has 2 rings (SSSR count). The minimum Gasteiger partial charge on any atom is -0.444 e. The maximum absolute atomic E-state index is 12.0. The summed E-state index contributed by atoms with van der Waals surface area (Å²) in [5.41, 5.74) is 1.60. The summed E-state index contributed by atoms with van der Waals surface area (Å²) in [6.45, 7) is 9.93. The number of hydrogen-bond acceptors (Lipinski definition) is 4. The van der Waals surface area contributed by atoms with Gasteiger partial charge in [-0.15, -0.1) is 0 Å². The highest BCUT2D eigenvalue weighted by molar-refractivity contribution is 5.84. The molecule has 0 radical (unpaired) electrons. The molecule has 1 amide bonds. The standard InChI is InChI=1S/C17H27N5O2/c1-6-22-9-7-8-14(22)12-18-10-13-11-19-21(5)15(13)20-16(23)24-17(2,3)4/h7-9,11,18H,6,10,12H2,1-5H3,(H,20,23). The number of amides is 1. The van der Waals surface area contributed by atoms with E-state index in [-0.39, 0.29) is 0 Å². The van der Waals surface area contributed by atoms with Crippen LogP contribution >= 0.6 is 0 Å². The summed E-state index contributed by atoms with van der Waals surface area (Å²) in [6.07, 6.45) is 3.34. The van der Waals surface area contributed by atoms with Crippen molar-refractivity contribution >= 4 is 11.9 Å². The summed E-state index contributed by atoms with van der Waals surface area (Å²) in [7, 11) is 1.79. The van der Waals surface area contributed by atoms with Gasteiger partial charge in [0.25, 0.3) is 0 Å². The Morgan fingerprint density at radius 2 is 2.08 bits per heavy atom. The molecule has 24 heavy (non-hydrogen) atoms. The maximum atomic E-state index is 12.0. The zero-order chi connectivity index (χ0) is 17.7. The van der Waals surface area contributed by atoms with Gasteiger partial charge >= 0.3 is 6.09 Å². The molecule has 2 aromatic rings. The predicted molar refractivity (Wildman–Crippen MR) is 93.7 cm³/mol. The number of hydrogen-bond donors (Lipinski definition) is 2. The number of rotatable bonds is 6. The van der Waals surface area contributed by atoms with Crippen molar-refractivity contribution < 1.29 is 9.53 Å². The van der Waals surface area contributed by atoms with Crippen molar-refractivity contribution in [1.82, 2.24) is 19.7 Å². The Hall–Kier alpha value is -2.28. The number of ether oxygens (including phenoxy) is 1. The molecule has 2 aromatic heterocycles. The third-order valence-electron chi connectivity index (χ3n) is 3.52. The van der Waals surface area contributed by atoms with E-state index >= 15 is 0 Å². The molecule has 2 heterocycles. The smallest absolute Gasteiger partial charge is 0.413 e. The highest BCUT2D eigenvalue weighted by atomic mass is 16.6. The summed E-state index contributed by atoms with van der Waals surface area (Å²) < 4.78 is 9.12. The Kier molecular flexibility index (Phi) is 5.66. The Morgan fingerprint density at radius 3 is 2.75 bits per heavy atom. The highest BCUT2D eigenvalue weighted by Crippen LogP contribution is 2.16. The fourth-order valence-corrected chi connectivity index (χ4v) is 2.42. The average Bonchev–Trinajstić information content (AvgIpc) is 3.06. The number of nitrogens with zero attached hydrogens (tertiary/aromatic N) is 3. The largest absolute Gasteiger partial charge is 0.444 e. The lowest BCUT2D eigenvalue weighted by molar-refractivity contribution is 0.0634. The lowest BCUT2D eigenvalue weighted by atomic mass is 10.2. The minimum atomic E-state index is -0.535. The van der Waals surface area contributed by atoms with Crippen LogP contribution in [-0.2, 0) is 31.4 Å². The molecule has 132 valence electrons. The zero-order valence-corrected chi connectivity index (χ0v) is 15.1. The van der Waals surface area contributed by atoms with E-state index < -0.39 is 11.7 Å². The van der Waals surface area contributed by atoms with Gasteiger partial charge in [0.1, 0.15) is 11.4 Å². The lowest BCUT2D eigenvalue weighted by Crippen LogP contribution is -2.28. The molecule has 0 aliphatic carbocycles. The second-order valence-electron chi connectivity index (χ2n) is 6.66. The van der Waals surface area contributed by atoms with Crippen molar-refractivity contribution in [1.29, 1.82) is 0 Å². The second-order valence-corrected chi connectivity index (χ2v) is 6.66. The summed E-state index contributed by atoms with van der Waals surface area (Å²) >= 11 is 0. The van der Waals surface area contributed by atoms with Crippen molar-refractivity contribution in [2.45, 2.75) is 52.9 Å².